The molecular formula is C85H115NO5. The Morgan fingerprint density at radius 2 is 0.626 bits per heavy atom. The minimum atomic E-state index is -0.803. The molecule has 7 aromatic carbocycles. The van der Waals surface area contributed by atoms with Crippen LogP contribution >= 0.6 is 0 Å². The number of benzene rings is 7. The van der Waals surface area contributed by atoms with Gasteiger partial charge in [-0.15, -0.1) is 0 Å². The van der Waals surface area contributed by atoms with Gasteiger partial charge in [0.25, 0.3) is 0 Å². The molecule has 0 fully saturated rings. The SMILES string of the molecule is CC(C)(C)c1cc(Cc2cc(Cc3cc(C(C)(C)C)c(O)c(C(C)(C)C)c3)c3c(c2)-c2cc(C(C)(C)C)c(O)c(c2)C(C)(C)C(c2cc(C(C)(C)C)c(O)c(C(C)(C)C)c2)c2ccc(c(Cc4cc(C(C)(C)C)c(O)c(C(C)(C)C)c4)c2)N3)cc(C(C)(C)C)c1O. The molecule has 2 aliphatic rings. The minimum Gasteiger partial charge on any atom is -0.507 e. The summed E-state index contributed by atoms with van der Waals surface area (Å²) in [6, 6.07) is 33.9. The summed E-state index contributed by atoms with van der Waals surface area (Å²) in [5.41, 5.74) is 17.2. The number of hydrogen-bond acceptors (Lipinski definition) is 6. The molecular weight excluding hydrogens is 1110 g/mol. The molecule has 0 saturated carbocycles. The number of phenols is 5. The average molecular weight is 1230 g/mol. The van der Waals surface area contributed by atoms with Crippen molar-refractivity contribution in [3.63, 3.8) is 0 Å². The summed E-state index contributed by atoms with van der Waals surface area (Å²) >= 11 is 0. The molecule has 1 unspecified atom stereocenters. The fourth-order valence-electron chi connectivity index (χ4n) is 14.1. The van der Waals surface area contributed by atoms with Crippen molar-refractivity contribution in [3.05, 3.63) is 191 Å². The van der Waals surface area contributed by atoms with E-state index in [1.807, 2.05) is 0 Å². The second-order valence-electron chi connectivity index (χ2n) is 37.2. The number of hydrogen-bond donors (Lipinski definition) is 6. The first-order valence-electron chi connectivity index (χ1n) is 33.5. The molecule has 0 aromatic heterocycles. The lowest BCUT2D eigenvalue weighted by Gasteiger charge is -2.40. The van der Waals surface area contributed by atoms with Crippen molar-refractivity contribution < 1.29 is 25.5 Å². The number of anilines is 2. The van der Waals surface area contributed by atoms with Crippen molar-refractivity contribution >= 4 is 11.4 Å². The molecule has 1 atom stereocenters. The van der Waals surface area contributed by atoms with Gasteiger partial charge in [-0.3, -0.25) is 0 Å². The van der Waals surface area contributed by atoms with Crippen LogP contribution < -0.4 is 5.32 Å². The molecule has 6 heteroatoms. The Morgan fingerprint density at radius 1 is 0.319 bits per heavy atom. The highest BCUT2D eigenvalue weighted by Gasteiger charge is 2.42. The van der Waals surface area contributed by atoms with E-state index < -0.39 is 21.7 Å². The summed E-state index contributed by atoms with van der Waals surface area (Å²) in [6.07, 6.45) is 1.64. The third kappa shape index (κ3) is 14.3. The normalized spacial score (nSPS) is 15.3. The minimum absolute atomic E-state index is 0.271. The summed E-state index contributed by atoms with van der Waals surface area (Å²) in [7, 11) is 0. The van der Waals surface area contributed by atoms with Gasteiger partial charge in [0.05, 0.1) is 0 Å². The van der Waals surface area contributed by atoms with Crippen molar-refractivity contribution in [3.8, 4) is 39.9 Å². The molecule has 490 valence electrons. The van der Waals surface area contributed by atoms with Gasteiger partial charge in [-0.05, 0) is 187 Å². The van der Waals surface area contributed by atoms with Crippen LogP contribution in [0.15, 0.2) is 91.0 Å². The predicted molar refractivity (Wildman–Crippen MR) is 387 cm³/mol. The van der Waals surface area contributed by atoms with Crippen LogP contribution in [0.3, 0.4) is 0 Å². The summed E-state index contributed by atoms with van der Waals surface area (Å²) in [6.45, 7) is 63.3. The van der Waals surface area contributed by atoms with Crippen LogP contribution in [0, 0.1) is 0 Å². The predicted octanol–water partition coefficient (Wildman–Crippen LogP) is 22.5. The van der Waals surface area contributed by atoms with E-state index in [2.05, 4.69) is 297 Å². The monoisotopic (exact) mass is 1230 g/mol. The first-order chi connectivity index (χ1) is 41.1. The van der Waals surface area contributed by atoms with E-state index in [-0.39, 0.29) is 44.2 Å². The molecule has 9 rings (SSSR count). The van der Waals surface area contributed by atoms with Gasteiger partial charge in [-0.2, -0.15) is 0 Å². The largest absolute Gasteiger partial charge is 0.507 e. The summed E-state index contributed by atoms with van der Waals surface area (Å²) < 4.78 is 0. The lowest BCUT2D eigenvalue weighted by molar-refractivity contribution is 0.393. The molecule has 91 heavy (non-hydrogen) atoms. The Balaban J connectivity index is 1.59. The number of aromatic hydroxyl groups is 5. The van der Waals surface area contributed by atoms with Crippen LogP contribution in [0.5, 0.6) is 28.7 Å². The lowest BCUT2D eigenvalue weighted by atomic mass is 9.64. The highest BCUT2D eigenvalue weighted by atomic mass is 16.3. The van der Waals surface area contributed by atoms with Gasteiger partial charge in [0.2, 0.25) is 0 Å². The van der Waals surface area contributed by atoms with E-state index in [0.29, 0.717) is 42.3 Å². The van der Waals surface area contributed by atoms with Gasteiger partial charge in [-0.1, -0.05) is 268 Å². The van der Waals surface area contributed by atoms with Crippen molar-refractivity contribution in [1.82, 2.24) is 0 Å². The fraction of sp³-hybridized carbons (Fsp3) is 0.506. The first kappa shape index (κ1) is 70.2. The van der Waals surface area contributed by atoms with E-state index >= 15 is 0 Å². The maximum Gasteiger partial charge on any atom is 0.123 e. The lowest BCUT2D eigenvalue weighted by Crippen LogP contribution is -2.30. The van der Waals surface area contributed by atoms with Gasteiger partial charge >= 0.3 is 0 Å². The van der Waals surface area contributed by atoms with E-state index in [4.69, 9.17) is 0 Å². The maximum absolute atomic E-state index is 13.4. The van der Waals surface area contributed by atoms with E-state index in [1.54, 1.807) is 0 Å². The van der Waals surface area contributed by atoms with Gasteiger partial charge < -0.3 is 30.8 Å². The van der Waals surface area contributed by atoms with Crippen molar-refractivity contribution in [2.45, 2.75) is 280 Å². The zero-order valence-corrected chi connectivity index (χ0v) is 61.6. The van der Waals surface area contributed by atoms with Crippen molar-refractivity contribution in [1.29, 1.82) is 0 Å². The second-order valence-corrected chi connectivity index (χ2v) is 37.2. The van der Waals surface area contributed by atoms with Gasteiger partial charge in [-0.25, -0.2) is 0 Å². The fourth-order valence-corrected chi connectivity index (χ4v) is 14.1. The quantitative estimate of drug-likeness (QED) is 0.0948. The Kier molecular flexibility index (Phi) is 17.8. The summed E-state index contributed by atoms with van der Waals surface area (Å²) in [5.74, 6) is 1.28. The number of rotatable bonds is 7. The molecule has 4 bridgehead atoms. The molecule has 2 heterocycles. The average Bonchev–Trinajstić information content (AvgIpc) is 0.743. The third-order valence-electron chi connectivity index (χ3n) is 19.3. The second kappa shape index (κ2) is 23.1. The maximum atomic E-state index is 13.4. The standard InChI is InChI=1S/C85H115NO5/c1-76(2,3)58-37-49(38-59(71(58)87)77(4,5)6)32-48-34-56(35-51-41-62(80(13,14)15)73(89)63(42-51)81(16,17)18)70-57(36-48)53-44-64(82(19,20)21)75(91)67(45-53)85(28,29)69(55-46-65(83(22,23)24)74(90)66(47-55)84(25,26)27)52-30-31-68(86-70)54(43-52)33-50-39-60(78(7,8)9)72(88)61(40-50)79(10,11)12/h30-31,34,36-47,69,86-91H,32-33,35H2,1-29H3. The van der Waals surface area contributed by atoms with Crippen LogP contribution in [-0.4, -0.2) is 25.5 Å². The smallest absolute Gasteiger partial charge is 0.123 e. The van der Waals surface area contributed by atoms with Crippen LogP contribution in [-0.2, 0) is 73.4 Å². The highest BCUT2D eigenvalue weighted by Crippen LogP contribution is 2.55. The topological polar surface area (TPSA) is 113 Å². The molecule has 6 N–H and O–H groups in total. The summed E-state index contributed by atoms with van der Waals surface area (Å²) in [4.78, 5) is 0. The van der Waals surface area contributed by atoms with Crippen LogP contribution in [0.1, 0.15) is 307 Å². The number of fused-ring (bicyclic) bond motifs is 3. The molecule has 0 amide bonds. The summed E-state index contributed by atoms with van der Waals surface area (Å²) in [5, 5.41) is 66.5. The van der Waals surface area contributed by atoms with E-state index in [1.165, 1.54) is 0 Å². The Bertz CT molecular complexity index is 3810. The van der Waals surface area contributed by atoms with Crippen LogP contribution in [0.25, 0.3) is 11.1 Å². The molecule has 0 spiro atoms. The molecule has 2 aliphatic heterocycles. The van der Waals surface area contributed by atoms with Crippen molar-refractivity contribution in [2.24, 2.45) is 0 Å². The van der Waals surface area contributed by atoms with Gasteiger partial charge in [0, 0.05) is 39.4 Å². The third-order valence-corrected chi connectivity index (χ3v) is 19.3. The zero-order chi connectivity index (χ0) is 68.6. The number of nitrogens with one attached hydrogen (secondary N) is 1. The Morgan fingerprint density at radius 3 is 0.978 bits per heavy atom. The molecule has 6 nitrogen and oxygen atoms in total. The Labute approximate surface area is 550 Å². The first-order valence-corrected chi connectivity index (χ1v) is 33.5. The highest BCUT2D eigenvalue weighted by molar-refractivity contribution is 5.87. The van der Waals surface area contributed by atoms with E-state index in [0.717, 1.165) is 123 Å². The van der Waals surface area contributed by atoms with E-state index in [9.17, 15) is 25.5 Å². The molecule has 0 aliphatic carbocycles. The molecule has 0 radical (unpaired) electrons. The van der Waals surface area contributed by atoms with Gasteiger partial charge in [0.1, 0.15) is 28.7 Å². The van der Waals surface area contributed by atoms with Crippen LogP contribution in [0.4, 0.5) is 11.4 Å². The Hall–Kier alpha value is -6.66. The van der Waals surface area contributed by atoms with Crippen molar-refractivity contribution in [2.75, 3.05) is 5.32 Å². The van der Waals surface area contributed by atoms with Gasteiger partial charge in [0.15, 0.2) is 0 Å². The number of phenolic OH excluding ortho intramolecular Hbond substituents is 5. The zero-order valence-electron chi connectivity index (χ0n) is 61.6. The molecule has 0 saturated heterocycles. The van der Waals surface area contributed by atoms with Crippen LogP contribution in [0.2, 0.25) is 0 Å². The molecule has 7 aromatic rings.